The van der Waals surface area contributed by atoms with Crippen LogP contribution in [-0.2, 0) is 4.79 Å². The Balaban J connectivity index is 3.93. The summed E-state index contributed by atoms with van der Waals surface area (Å²) in [5, 5.41) is 9.13. The molecule has 4 heteroatoms. The first-order valence-corrected chi connectivity index (χ1v) is 5.94. The van der Waals surface area contributed by atoms with Crippen molar-refractivity contribution < 1.29 is 9.90 Å². The summed E-state index contributed by atoms with van der Waals surface area (Å²) >= 11 is 1.79. The van der Waals surface area contributed by atoms with Crippen LogP contribution in [-0.4, -0.2) is 27.6 Å². The third-order valence-corrected chi connectivity index (χ3v) is 3.51. The summed E-state index contributed by atoms with van der Waals surface area (Å²) in [4.78, 5) is 10.8. The SMILES string of the molecule is CC(C)CSC(C)CC(C)(N)C(=O)O. The predicted octanol–water partition coefficient (Wildman–Crippen LogP) is 1.96. The number of nitrogens with two attached hydrogens (primary N) is 1. The van der Waals surface area contributed by atoms with Crippen LogP contribution in [0.3, 0.4) is 0 Å². The van der Waals surface area contributed by atoms with E-state index in [-0.39, 0.29) is 0 Å². The maximum atomic E-state index is 10.8. The summed E-state index contributed by atoms with van der Waals surface area (Å²) in [5.74, 6) is 0.766. The molecule has 2 unspecified atom stereocenters. The highest BCUT2D eigenvalue weighted by molar-refractivity contribution is 7.99. The fraction of sp³-hybridized carbons (Fsp3) is 0.900. The van der Waals surface area contributed by atoms with Crippen molar-refractivity contribution in [3.8, 4) is 0 Å². The summed E-state index contributed by atoms with van der Waals surface area (Å²) in [5.41, 5.74) is 4.56. The van der Waals surface area contributed by atoms with Gasteiger partial charge in [0.15, 0.2) is 0 Å². The zero-order chi connectivity index (χ0) is 11.4. The van der Waals surface area contributed by atoms with E-state index in [2.05, 4.69) is 13.8 Å². The largest absolute Gasteiger partial charge is 0.480 e. The Kier molecular flexibility index (Phi) is 5.52. The van der Waals surface area contributed by atoms with Gasteiger partial charge in [0.2, 0.25) is 0 Å². The second-order valence-electron chi connectivity index (χ2n) is 4.46. The number of hydrogen-bond acceptors (Lipinski definition) is 3. The lowest BCUT2D eigenvalue weighted by atomic mass is 9.98. The molecule has 3 nitrogen and oxygen atoms in total. The van der Waals surface area contributed by atoms with Crippen molar-refractivity contribution in [2.24, 2.45) is 11.7 Å². The summed E-state index contributed by atoms with van der Waals surface area (Å²) < 4.78 is 0. The van der Waals surface area contributed by atoms with Gasteiger partial charge < -0.3 is 10.8 Å². The molecule has 0 aromatic heterocycles. The number of carboxylic acid groups (broad SMARTS) is 1. The van der Waals surface area contributed by atoms with E-state index in [1.807, 2.05) is 6.92 Å². The van der Waals surface area contributed by atoms with Crippen LogP contribution in [0.1, 0.15) is 34.1 Å². The zero-order valence-corrected chi connectivity index (χ0v) is 10.2. The van der Waals surface area contributed by atoms with Crippen LogP contribution in [0.4, 0.5) is 0 Å². The van der Waals surface area contributed by atoms with E-state index in [0.29, 0.717) is 17.6 Å². The summed E-state index contributed by atoms with van der Waals surface area (Å²) in [6.45, 7) is 7.90. The Morgan fingerprint density at radius 3 is 2.36 bits per heavy atom. The number of hydrogen-bond donors (Lipinski definition) is 2. The van der Waals surface area contributed by atoms with Crippen LogP contribution >= 0.6 is 11.8 Å². The second-order valence-corrected chi connectivity index (χ2v) is 5.94. The smallest absolute Gasteiger partial charge is 0.323 e. The molecule has 0 aliphatic heterocycles. The van der Waals surface area contributed by atoms with E-state index in [1.54, 1.807) is 18.7 Å². The molecular formula is C10H21NO2S. The van der Waals surface area contributed by atoms with E-state index in [1.165, 1.54) is 0 Å². The first kappa shape index (κ1) is 13.8. The molecule has 0 bridgehead atoms. The Morgan fingerprint density at radius 1 is 1.50 bits per heavy atom. The van der Waals surface area contributed by atoms with Crippen molar-refractivity contribution in [1.29, 1.82) is 0 Å². The van der Waals surface area contributed by atoms with E-state index < -0.39 is 11.5 Å². The molecule has 0 rings (SSSR count). The first-order chi connectivity index (χ1) is 6.25. The Labute approximate surface area is 90.4 Å². The molecule has 2 atom stereocenters. The fourth-order valence-electron chi connectivity index (χ4n) is 1.10. The van der Waals surface area contributed by atoms with Crippen LogP contribution in [0.2, 0.25) is 0 Å². The molecule has 0 heterocycles. The summed E-state index contributed by atoms with van der Waals surface area (Å²) in [6.07, 6.45) is 0.514. The first-order valence-electron chi connectivity index (χ1n) is 4.89. The van der Waals surface area contributed by atoms with Gasteiger partial charge in [-0.1, -0.05) is 20.8 Å². The second kappa shape index (κ2) is 5.61. The molecule has 14 heavy (non-hydrogen) atoms. The van der Waals surface area contributed by atoms with Crippen LogP contribution < -0.4 is 5.73 Å². The molecule has 0 aliphatic carbocycles. The lowest BCUT2D eigenvalue weighted by molar-refractivity contribution is -0.142. The molecule has 84 valence electrons. The third-order valence-electron chi connectivity index (χ3n) is 1.91. The molecular weight excluding hydrogens is 198 g/mol. The molecule has 0 aliphatic rings. The third kappa shape index (κ3) is 5.50. The molecule has 3 N–H and O–H groups in total. The minimum Gasteiger partial charge on any atom is -0.480 e. The quantitative estimate of drug-likeness (QED) is 0.717. The van der Waals surface area contributed by atoms with Crippen molar-refractivity contribution in [2.75, 3.05) is 5.75 Å². The van der Waals surface area contributed by atoms with Gasteiger partial charge >= 0.3 is 5.97 Å². The van der Waals surface area contributed by atoms with Crippen LogP contribution in [0.25, 0.3) is 0 Å². The molecule has 0 saturated heterocycles. The number of aliphatic carboxylic acids is 1. The normalized spacial score (nSPS) is 17.9. The van der Waals surface area contributed by atoms with Gasteiger partial charge in [-0.15, -0.1) is 0 Å². The minimum absolute atomic E-state index is 0.295. The van der Waals surface area contributed by atoms with E-state index in [9.17, 15) is 4.79 Å². The standard InChI is InChI=1S/C10H21NO2S/c1-7(2)6-14-8(3)5-10(4,11)9(12)13/h7-8H,5-6,11H2,1-4H3,(H,12,13). The minimum atomic E-state index is -1.09. The monoisotopic (exact) mass is 219 g/mol. The van der Waals surface area contributed by atoms with Crippen LogP contribution in [0, 0.1) is 5.92 Å². The molecule has 0 aromatic carbocycles. The van der Waals surface area contributed by atoms with Crippen molar-refractivity contribution in [2.45, 2.75) is 44.9 Å². The Hall–Kier alpha value is -0.220. The Bertz CT molecular complexity index is 193. The average Bonchev–Trinajstić information content (AvgIpc) is 1.99. The molecule has 0 fully saturated rings. The van der Waals surface area contributed by atoms with Crippen molar-refractivity contribution >= 4 is 17.7 Å². The Morgan fingerprint density at radius 2 is 2.00 bits per heavy atom. The van der Waals surface area contributed by atoms with Gasteiger partial charge in [-0.25, -0.2) is 0 Å². The van der Waals surface area contributed by atoms with Crippen LogP contribution in [0.15, 0.2) is 0 Å². The van der Waals surface area contributed by atoms with Gasteiger partial charge in [-0.3, -0.25) is 4.79 Å². The van der Waals surface area contributed by atoms with Crippen molar-refractivity contribution in [1.82, 2.24) is 0 Å². The zero-order valence-electron chi connectivity index (χ0n) is 9.41. The lowest BCUT2D eigenvalue weighted by Gasteiger charge is -2.23. The fourth-order valence-corrected chi connectivity index (χ4v) is 2.28. The van der Waals surface area contributed by atoms with E-state index in [4.69, 9.17) is 10.8 Å². The number of carboxylic acids is 1. The highest BCUT2D eigenvalue weighted by Crippen LogP contribution is 2.22. The maximum Gasteiger partial charge on any atom is 0.323 e. The number of rotatable bonds is 6. The van der Waals surface area contributed by atoms with Gasteiger partial charge in [-0.2, -0.15) is 11.8 Å². The molecule has 0 radical (unpaired) electrons. The molecule has 0 saturated carbocycles. The van der Waals surface area contributed by atoms with Gasteiger partial charge in [0, 0.05) is 5.25 Å². The van der Waals surface area contributed by atoms with Crippen molar-refractivity contribution in [3.05, 3.63) is 0 Å². The van der Waals surface area contributed by atoms with Gasteiger partial charge in [0.25, 0.3) is 0 Å². The predicted molar refractivity (Wildman–Crippen MR) is 61.6 cm³/mol. The van der Waals surface area contributed by atoms with Gasteiger partial charge in [-0.05, 0) is 25.0 Å². The van der Waals surface area contributed by atoms with Crippen LogP contribution in [0.5, 0.6) is 0 Å². The number of thioether (sulfide) groups is 1. The molecule has 0 aromatic rings. The topological polar surface area (TPSA) is 63.3 Å². The van der Waals surface area contributed by atoms with Gasteiger partial charge in [0.05, 0.1) is 0 Å². The highest BCUT2D eigenvalue weighted by atomic mass is 32.2. The highest BCUT2D eigenvalue weighted by Gasteiger charge is 2.29. The maximum absolute atomic E-state index is 10.8. The van der Waals surface area contributed by atoms with Gasteiger partial charge in [0.1, 0.15) is 5.54 Å². The van der Waals surface area contributed by atoms with Crippen molar-refractivity contribution in [3.63, 3.8) is 0 Å². The summed E-state index contributed by atoms with van der Waals surface area (Å²) in [6, 6.07) is 0. The lowest BCUT2D eigenvalue weighted by Crippen LogP contribution is -2.46. The summed E-state index contributed by atoms with van der Waals surface area (Å²) in [7, 11) is 0. The van der Waals surface area contributed by atoms with E-state index in [0.717, 1.165) is 5.75 Å². The number of carbonyl (C=O) groups is 1. The molecule has 0 amide bonds. The molecule has 0 spiro atoms. The average molecular weight is 219 g/mol. The van der Waals surface area contributed by atoms with E-state index >= 15 is 0 Å².